The summed E-state index contributed by atoms with van der Waals surface area (Å²) in [6.07, 6.45) is 4.86. The molecule has 5 nitrogen and oxygen atoms in total. The summed E-state index contributed by atoms with van der Waals surface area (Å²) in [5.41, 5.74) is 4.97. The highest BCUT2D eigenvalue weighted by Crippen LogP contribution is 2.49. The molecule has 0 radical (unpaired) electrons. The molecule has 0 bridgehead atoms. The van der Waals surface area contributed by atoms with E-state index < -0.39 is 0 Å². The number of allylic oxidation sites excluding steroid dienone is 1. The Bertz CT molecular complexity index is 1050. The maximum Gasteiger partial charge on any atom is 0.343 e. The second-order valence-electron chi connectivity index (χ2n) is 9.20. The Morgan fingerprint density at radius 2 is 1.69 bits per heavy atom. The van der Waals surface area contributed by atoms with E-state index in [1.807, 2.05) is 39.0 Å². The number of benzene rings is 2. The largest absolute Gasteiger partial charge is 0.493 e. The maximum absolute atomic E-state index is 13.0. The fourth-order valence-corrected chi connectivity index (χ4v) is 5.61. The summed E-state index contributed by atoms with van der Waals surface area (Å²) < 4.78 is 17.0. The minimum absolute atomic E-state index is 0.0279. The molecule has 1 unspecified atom stereocenters. The molecule has 5 heteroatoms. The first-order valence-corrected chi connectivity index (χ1v) is 11.2. The van der Waals surface area contributed by atoms with Crippen LogP contribution in [0.5, 0.6) is 11.5 Å². The molecule has 2 atom stereocenters. The van der Waals surface area contributed by atoms with Gasteiger partial charge in [0, 0.05) is 17.9 Å². The molecule has 1 saturated heterocycles. The van der Waals surface area contributed by atoms with Crippen LogP contribution in [0, 0.1) is 20.8 Å². The van der Waals surface area contributed by atoms with Gasteiger partial charge in [-0.1, -0.05) is 23.8 Å². The summed E-state index contributed by atoms with van der Waals surface area (Å²) >= 11 is 0. The average Bonchev–Trinajstić information content (AvgIpc) is 3.09. The van der Waals surface area contributed by atoms with Crippen LogP contribution >= 0.6 is 0 Å². The van der Waals surface area contributed by atoms with Crippen LogP contribution in [-0.2, 0) is 10.2 Å². The lowest BCUT2D eigenvalue weighted by Gasteiger charge is -2.40. The molecular weight excluding hydrogens is 402 g/mol. The van der Waals surface area contributed by atoms with Gasteiger partial charge in [-0.15, -0.1) is 0 Å². The molecule has 2 aromatic rings. The predicted molar refractivity (Wildman–Crippen MR) is 126 cm³/mol. The van der Waals surface area contributed by atoms with E-state index in [0.717, 1.165) is 59.8 Å². The number of fused-ring (bicyclic) bond motifs is 1. The third kappa shape index (κ3) is 3.79. The second kappa shape index (κ2) is 8.62. The van der Waals surface area contributed by atoms with E-state index in [4.69, 9.17) is 14.2 Å². The minimum Gasteiger partial charge on any atom is -0.493 e. The SMILES string of the molecule is COc1ccc(C23CCC(OC(=O)c4c(C)cc(C)cc4C)=C[C@@H]2N(C)CC3)cc1OC. The van der Waals surface area contributed by atoms with Crippen molar-refractivity contribution in [3.05, 3.63) is 70.0 Å². The molecule has 2 aliphatic rings. The number of nitrogens with zero attached hydrogens (tertiary/aromatic N) is 1. The number of aryl methyl sites for hydroxylation is 3. The van der Waals surface area contributed by atoms with Crippen molar-refractivity contribution in [3.8, 4) is 11.5 Å². The summed E-state index contributed by atoms with van der Waals surface area (Å²) in [5, 5.41) is 0. The average molecular weight is 436 g/mol. The van der Waals surface area contributed by atoms with Crippen molar-refractivity contribution in [2.24, 2.45) is 0 Å². The molecule has 0 N–H and O–H groups in total. The Hall–Kier alpha value is -2.79. The Balaban J connectivity index is 1.63. The zero-order valence-electron chi connectivity index (χ0n) is 20.0. The number of methoxy groups -OCH3 is 2. The molecule has 0 saturated carbocycles. The van der Waals surface area contributed by atoms with Crippen molar-refractivity contribution in [3.63, 3.8) is 0 Å². The normalized spacial score (nSPS) is 22.8. The fraction of sp³-hybridized carbons (Fsp3) is 0.444. The first-order valence-electron chi connectivity index (χ1n) is 11.2. The number of hydrogen-bond acceptors (Lipinski definition) is 5. The molecule has 0 aromatic heterocycles. The van der Waals surface area contributed by atoms with Gasteiger partial charge in [0.1, 0.15) is 5.76 Å². The quantitative estimate of drug-likeness (QED) is 0.611. The highest BCUT2D eigenvalue weighted by atomic mass is 16.5. The number of ether oxygens (including phenoxy) is 3. The third-order valence-corrected chi connectivity index (χ3v) is 7.18. The number of likely N-dealkylation sites (tertiary alicyclic amines) is 1. The van der Waals surface area contributed by atoms with Crippen LogP contribution < -0.4 is 9.47 Å². The predicted octanol–water partition coefficient (Wildman–Crippen LogP) is 5.11. The maximum atomic E-state index is 13.0. The number of carbonyl (C=O) groups excluding carboxylic acids is 1. The van der Waals surface area contributed by atoms with Crippen molar-refractivity contribution in [2.45, 2.75) is 51.5 Å². The van der Waals surface area contributed by atoms with Crippen molar-refractivity contribution >= 4 is 5.97 Å². The van der Waals surface area contributed by atoms with Gasteiger partial charge in [-0.2, -0.15) is 0 Å². The number of carbonyl (C=O) groups is 1. The second-order valence-corrected chi connectivity index (χ2v) is 9.20. The van der Waals surface area contributed by atoms with Crippen LogP contribution in [0.1, 0.15) is 51.9 Å². The van der Waals surface area contributed by atoms with E-state index in [1.165, 1.54) is 5.56 Å². The van der Waals surface area contributed by atoms with E-state index in [-0.39, 0.29) is 17.4 Å². The van der Waals surface area contributed by atoms with Crippen LogP contribution in [0.3, 0.4) is 0 Å². The first kappa shape index (κ1) is 22.4. The molecular formula is C27H33NO4. The molecule has 32 heavy (non-hydrogen) atoms. The minimum atomic E-state index is -0.259. The van der Waals surface area contributed by atoms with Gasteiger partial charge in [0.2, 0.25) is 0 Å². The van der Waals surface area contributed by atoms with Gasteiger partial charge in [-0.3, -0.25) is 4.90 Å². The molecule has 1 aliphatic carbocycles. The van der Waals surface area contributed by atoms with E-state index in [0.29, 0.717) is 5.56 Å². The summed E-state index contributed by atoms with van der Waals surface area (Å²) in [4.78, 5) is 15.4. The Morgan fingerprint density at radius 1 is 1.00 bits per heavy atom. The first-order chi connectivity index (χ1) is 15.3. The van der Waals surface area contributed by atoms with Gasteiger partial charge in [0.15, 0.2) is 11.5 Å². The standard InChI is InChI=1S/C27H33NO4/c1-17-13-18(2)25(19(3)14-17)26(29)32-21-9-10-27(11-12-28(4)24(27)16-21)20-7-8-22(30-5)23(15-20)31-6/h7-8,13-16,24H,9-12H2,1-6H3/t24-,27?/m0/s1. The molecule has 170 valence electrons. The van der Waals surface area contributed by atoms with Crippen molar-refractivity contribution in [1.82, 2.24) is 4.90 Å². The van der Waals surface area contributed by atoms with Crippen molar-refractivity contribution in [2.75, 3.05) is 27.8 Å². The highest BCUT2D eigenvalue weighted by molar-refractivity contribution is 5.93. The zero-order chi connectivity index (χ0) is 23.0. The third-order valence-electron chi connectivity index (χ3n) is 7.18. The molecule has 2 aromatic carbocycles. The van der Waals surface area contributed by atoms with E-state index in [9.17, 15) is 4.79 Å². The van der Waals surface area contributed by atoms with Crippen LogP contribution in [-0.4, -0.2) is 44.7 Å². The number of esters is 1. The number of hydrogen-bond donors (Lipinski definition) is 0. The lowest BCUT2D eigenvalue weighted by atomic mass is 9.68. The van der Waals surface area contributed by atoms with Crippen molar-refractivity contribution < 1.29 is 19.0 Å². The monoisotopic (exact) mass is 435 g/mol. The van der Waals surface area contributed by atoms with E-state index in [1.54, 1.807) is 14.2 Å². The lowest BCUT2D eigenvalue weighted by Crippen LogP contribution is -2.42. The molecule has 1 fully saturated rings. The molecule has 1 aliphatic heterocycles. The summed E-state index contributed by atoms with van der Waals surface area (Å²) in [6, 6.07) is 10.5. The van der Waals surface area contributed by atoms with Gasteiger partial charge < -0.3 is 14.2 Å². The topological polar surface area (TPSA) is 48.0 Å². The van der Waals surface area contributed by atoms with Crippen LogP contribution in [0.15, 0.2) is 42.2 Å². The Morgan fingerprint density at radius 3 is 2.34 bits per heavy atom. The zero-order valence-corrected chi connectivity index (χ0v) is 20.0. The molecule has 0 spiro atoms. The van der Waals surface area contributed by atoms with Gasteiger partial charge in [-0.25, -0.2) is 4.79 Å². The number of rotatable bonds is 5. The summed E-state index contributed by atoms with van der Waals surface area (Å²) in [5.74, 6) is 1.99. The van der Waals surface area contributed by atoms with Gasteiger partial charge >= 0.3 is 5.97 Å². The molecule has 4 rings (SSSR count). The fourth-order valence-electron chi connectivity index (χ4n) is 5.61. The van der Waals surface area contributed by atoms with Crippen LogP contribution in [0.2, 0.25) is 0 Å². The molecule has 0 amide bonds. The van der Waals surface area contributed by atoms with Gasteiger partial charge in [0.25, 0.3) is 0 Å². The Labute approximate surface area is 191 Å². The Kier molecular flexibility index (Phi) is 6.04. The van der Waals surface area contributed by atoms with Crippen LogP contribution in [0.4, 0.5) is 0 Å². The smallest absolute Gasteiger partial charge is 0.343 e. The van der Waals surface area contributed by atoms with Crippen molar-refractivity contribution in [1.29, 1.82) is 0 Å². The van der Waals surface area contributed by atoms with Gasteiger partial charge in [-0.05, 0) is 82.1 Å². The van der Waals surface area contributed by atoms with E-state index >= 15 is 0 Å². The molecule has 1 heterocycles. The van der Waals surface area contributed by atoms with Crippen LogP contribution in [0.25, 0.3) is 0 Å². The highest BCUT2D eigenvalue weighted by Gasteiger charge is 2.48. The summed E-state index contributed by atoms with van der Waals surface area (Å²) in [7, 11) is 5.47. The summed E-state index contributed by atoms with van der Waals surface area (Å²) in [6.45, 7) is 6.98. The number of likely N-dealkylation sites (N-methyl/N-ethyl adjacent to an activating group) is 1. The van der Waals surface area contributed by atoms with E-state index in [2.05, 4.69) is 30.2 Å². The lowest BCUT2D eigenvalue weighted by molar-refractivity contribution is 0.0591. The van der Waals surface area contributed by atoms with Gasteiger partial charge in [0.05, 0.1) is 19.8 Å².